The number of nitrogens with one attached hydrogen (secondary N) is 1. The maximum Gasteiger partial charge on any atom is 0.253 e. The number of likely N-dealkylation sites (tertiary alicyclic amines) is 2. The van der Waals surface area contributed by atoms with Crippen LogP contribution in [0.3, 0.4) is 0 Å². The number of likely N-dealkylation sites (N-methyl/N-ethyl adjacent to an activating group) is 1. The second-order valence-electron chi connectivity index (χ2n) is 13.0. The van der Waals surface area contributed by atoms with Gasteiger partial charge in [0.1, 0.15) is 0 Å². The fourth-order valence-electron chi connectivity index (χ4n) is 7.78. The highest BCUT2D eigenvalue weighted by molar-refractivity contribution is 6.00. The fourth-order valence-corrected chi connectivity index (χ4v) is 7.78. The van der Waals surface area contributed by atoms with Gasteiger partial charge in [0.05, 0.1) is 5.92 Å². The molecule has 0 aromatic heterocycles. The third-order valence-corrected chi connectivity index (χ3v) is 10.5. The molecule has 6 nitrogen and oxygen atoms in total. The van der Waals surface area contributed by atoms with E-state index in [0.717, 1.165) is 43.6 Å². The Morgan fingerprint density at radius 3 is 2.05 bits per heavy atom. The van der Waals surface area contributed by atoms with Crippen molar-refractivity contribution in [3.05, 3.63) is 70.8 Å². The van der Waals surface area contributed by atoms with Crippen LogP contribution in [0, 0.1) is 5.41 Å². The zero-order valence-electron chi connectivity index (χ0n) is 23.9. The first kappa shape index (κ1) is 27.2. The number of amides is 3. The summed E-state index contributed by atoms with van der Waals surface area (Å²) in [4.78, 5) is 41.5. The Hall–Kier alpha value is -2.99. The molecule has 2 aromatic carbocycles. The molecule has 1 saturated carbocycles. The highest BCUT2D eigenvalue weighted by Crippen LogP contribution is 2.49. The standard InChI is InChI=1S/C34H43N3O3/c1-36-20-2-3-29(23-36)25-6-10-28(11-7-25)33(40)37-21-18-34(19-22-37)16-14-26(15-17-34)24-4-8-27(9-5-24)30-12-13-31(38)35-32(30)39/h4-11,26,29-30H,2-3,12-23H2,1H3,(H,35,38,39)/t29-,30?/m0/s1. The van der Waals surface area contributed by atoms with E-state index in [2.05, 4.69) is 58.6 Å². The average molecular weight is 542 g/mol. The Bertz CT molecular complexity index is 1220. The van der Waals surface area contributed by atoms with Crippen LogP contribution >= 0.6 is 0 Å². The number of imide groups is 1. The van der Waals surface area contributed by atoms with Gasteiger partial charge < -0.3 is 9.80 Å². The summed E-state index contributed by atoms with van der Waals surface area (Å²) >= 11 is 0. The van der Waals surface area contributed by atoms with Crippen LogP contribution in [0.5, 0.6) is 0 Å². The molecule has 1 spiro atoms. The number of rotatable bonds is 4. The van der Waals surface area contributed by atoms with Crippen LogP contribution < -0.4 is 5.32 Å². The Morgan fingerprint density at radius 2 is 1.40 bits per heavy atom. The highest BCUT2D eigenvalue weighted by atomic mass is 16.2. The number of hydrogen-bond acceptors (Lipinski definition) is 4. The smallest absolute Gasteiger partial charge is 0.253 e. The number of piperidine rings is 3. The van der Waals surface area contributed by atoms with Crippen molar-refractivity contribution in [3.8, 4) is 0 Å². The number of carbonyl (C=O) groups is 3. The maximum absolute atomic E-state index is 13.3. The fraction of sp³-hybridized carbons (Fsp3) is 0.559. The molecule has 4 aliphatic rings. The van der Waals surface area contributed by atoms with E-state index in [0.29, 0.717) is 30.1 Å². The van der Waals surface area contributed by atoms with Crippen molar-refractivity contribution < 1.29 is 14.4 Å². The van der Waals surface area contributed by atoms with E-state index in [1.165, 1.54) is 56.2 Å². The van der Waals surface area contributed by atoms with Crippen molar-refractivity contribution in [3.63, 3.8) is 0 Å². The number of nitrogens with zero attached hydrogens (tertiary/aromatic N) is 2. The molecule has 6 rings (SSSR count). The van der Waals surface area contributed by atoms with E-state index < -0.39 is 0 Å². The van der Waals surface area contributed by atoms with Crippen molar-refractivity contribution in [1.82, 2.24) is 15.1 Å². The minimum atomic E-state index is -0.217. The molecule has 1 aliphatic carbocycles. The molecule has 6 heteroatoms. The largest absolute Gasteiger partial charge is 0.339 e. The molecule has 1 unspecified atom stereocenters. The van der Waals surface area contributed by atoms with Gasteiger partial charge in [0.25, 0.3) is 5.91 Å². The quantitative estimate of drug-likeness (QED) is 0.512. The van der Waals surface area contributed by atoms with E-state index in [9.17, 15) is 14.4 Å². The molecule has 2 aromatic rings. The van der Waals surface area contributed by atoms with Crippen molar-refractivity contribution in [1.29, 1.82) is 0 Å². The van der Waals surface area contributed by atoms with Gasteiger partial charge in [-0.3, -0.25) is 19.7 Å². The number of carbonyl (C=O) groups excluding carboxylic acids is 3. The summed E-state index contributed by atoms with van der Waals surface area (Å²) in [7, 11) is 2.20. The third-order valence-electron chi connectivity index (χ3n) is 10.5. The summed E-state index contributed by atoms with van der Waals surface area (Å²) in [6, 6.07) is 17.0. The third kappa shape index (κ3) is 5.74. The Balaban J connectivity index is 0.995. The van der Waals surface area contributed by atoms with Gasteiger partial charge in [0.15, 0.2) is 0 Å². The molecule has 0 radical (unpaired) electrons. The van der Waals surface area contributed by atoms with Gasteiger partial charge in [0, 0.05) is 31.6 Å². The lowest BCUT2D eigenvalue weighted by molar-refractivity contribution is -0.134. The summed E-state index contributed by atoms with van der Waals surface area (Å²) in [5, 5.41) is 2.47. The first-order valence-corrected chi connectivity index (χ1v) is 15.4. The van der Waals surface area contributed by atoms with E-state index in [4.69, 9.17) is 0 Å². The SMILES string of the molecule is CN1CCC[C@H](c2ccc(C(=O)N3CCC4(CCC(c5ccc(C6CCC(=O)NC6=O)cc5)CC4)CC3)cc2)C1. The van der Waals surface area contributed by atoms with Gasteiger partial charge in [-0.15, -0.1) is 0 Å². The van der Waals surface area contributed by atoms with Crippen molar-refractivity contribution in [2.24, 2.45) is 5.41 Å². The van der Waals surface area contributed by atoms with Gasteiger partial charge in [-0.05, 0) is 117 Å². The first-order valence-electron chi connectivity index (χ1n) is 15.4. The predicted molar refractivity (Wildman–Crippen MR) is 156 cm³/mol. The molecule has 1 N–H and O–H groups in total. The van der Waals surface area contributed by atoms with Crippen molar-refractivity contribution in [2.45, 2.75) is 82.0 Å². The van der Waals surface area contributed by atoms with E-state index in [1.54, 1.807) is 0 Å². The predicted octanol–water partition coefficient (Wildman–Crippen LogP) is 5.60. The minimum absolute atomic E-state index is 0.166. The maximum atomic E-state index is 13.3. The van der Waals surface area contributed by atoms with Gasteiger partial charge in [-0.25, -0.2) is 0 Å². The van der Waals surface area contributed by atoms with Crippen LogP contribution in [0.4, 0.5) is 0 Å². The normalized spacial score (nSPS) is 26.1. The van der Waals surface area contributed by atoms with Crippen LogP contribution in [0.25, 0.3) is 0 Å². The van der Waals surface area contributed by atoms with Gasteiger partial charge in [-0.1, -0.05) is 36.4 Å². The number of hydrogen-bond donors (Lipinski definition) is 1. The summed E-state index contributed by atoms with van der Waals surface area (Å²) in [6.07, 6.45) is 10.5. The summed E-state index contributed by atoms with van der Waals surface area (Å²) in [5.41, 5.74) is 4.93. The summed E-state index contributed by atoms with van der Waals surface area (Å²) < 4.78 is 0. The highest BCUT2D eigenvalue weighted by Gasteiger charge is 2.39. The zero-order chi connectivity index (χ0) is 27.7. The van der Waals surface area contributed by atoms with Crippen molar-refractivity contribution >= 4 is 17.7 Å². The lowest BCUT2D eigenvalue weighted by Gasteiger charge is -2.46. The Kier molecular flexibility index (Phi) is 7.80. The molecule has 4 fully saturated rings. The monoisotopic (exact) mass is 541 g/mol. The minimum Gasteiger partial charge on any atom is -0.339 e. The van der Waals surface area contributed by atoms with E-state index in [-0.39, 0.29) is 23.6 Å². The van der Waals surface area contributed by atoms with Gasteiger partial charge >= 0.3 is 0 Å². The van der Waals surface area contributed by atoms with E-state index >= 15 is 0 Å². The van der Waals surface area contributed by atoms with Crippen LogP contribution in [0.1, 0.15) is 109 Å². The first-order chi connectivity index (χ1) is 19.4. The number of benzene rings is 2. The molecule has 3 amide bonds. The summed E-state index contributed by atoms with van der Waals surface area (Å²) in [6.45, 7) is 4.01. The van der Waals surface area contributed by atoms with E-state index in [1.807, 2.05) is 12.1 Å². The molecule has 212 valence electrons. The second-order valence-corrected chi connectivity index (χ2v) is 13.0. The van der Waals surface area contributed by atoms with Crippen molar-refractivity contribution in [2.75, 3.05) is 33.2 Å². The lowest BCUT2D eigenvalue weighted by atomic mass is 9.64. The molecule has 40 heavy (non-hydrogen) atoms. The zero-order valence-corrected chi connectivity index (χ0v) is 23.9. The molecule has 3 saturated heterocycles. The van der Waals surface area contributed by atoms with Crippen LogP contribution in [0.15, 0.2) is 48.5 Å². The molecule has 3 aliphatic heterocycles. The molecular weight excluding hydrogens is 498 g/mol. The average Bonchev–Trinajstić information content (AvgIpc) is 2.98. The Morgan fingerprint density at radius 1 is 0.775 bits per heavy atom. The second kappa shape index (κ2) is 11.5. The van der Waals surface area contributed by atoms with Crippen LogP contribution in [-0.2, 0) is 9.59 Å². The molecule has 3 heterocycles. The topological polar surface area (TPSA) is 69.7 Å². The molecule has 2 atom stereocenters. The van der Waals surface area contributed by atoms with Crippen LogP contribution in [0.2, 0.25) is 0 Å². The molecular formula is C34H43N3O3. The lowest BCUT2D eigenvalue weighted by Crippen LogP contribution is -2.44. The van der Waals surface area contributed by atoms with Crippen LogP contribution in [-0.4, -0.2) is 60.7 Å². The Labute approximate surface area is 238 Å². The summed E-state index contributed by atoms with van der Waals surface area (Å²) in [5.74, 6) is 0.775. The van der Waals surface area contributed by atoms with Gasteiger partial charge in [0.2, 0.25) is 11.8 Å². The van der Waals surface area contributed by atoms with Gasteiger partial charge in [-0.2, -0.15) is 0 Å². The molecule has 0 bridgehead atoms.